The van der Waals surface area contributed by atoms with Crippen LogP contribution in [0.5, 0.6) is 5.75 Å². The van der Waals surface area contributed by atoms with Crippen LogP contribution in [-0.2, 0) is 14.8 Å². The number of hydrogen-bond donors (Lipinski definition) is 3. The van der Waals surface area contributed by atoms with Crippen molar-refractivity contribution in [1.29, 1.82) is 5.41 Å². The van der Waals surface area contributed by atoms with Crippen LogP contribution in [0.25, 0.3) is 6.08 Å². The summed E-state index contributed by atoms with van der Waals surface area (Å²) in [6.45, 7) is 0. The summed E-state index contributed by atoms with van der Waals surface area (Å²) in [6.07, 6.45) is 1.51. The Morgan fingerprint density at radius 3 is 2.36 bits per heavy atom. The number of hydrogen-bond acceptors (Lipinski definition) is 6. The fourth-order valence-electron chi connectivity index (χ4n) is 2.26. The number of nitrogens with two attached hydrogens (primary N) is 1. The Morgan fingerprint density at radius 2 is 1.76 bits per heavy atom. The predicted molar refractivity (Wildman–Crippen MR) is 96.7 cm³/mol. The second kappa shape index (κ2) is 6.36. The Hall–Kier alpha value is -2.62. The molecule has 1 saturated heterocycles. The molecule has 1 heterocycles. The van der Waals surface area contributed by atoms with E-state index in [0.29, 0.717) is 11.3 Å². The molecule has 0 bridgehead atoms. The number of rotatable bonds is 3. The molecular weight excluding hydrogens is 362 g/mol. The molecule has 128 valence electrons. The van der Waals surface area contributed by atoms with Crippen LogP contribution in [0.1, 0.15) is 5.56 Å². The Morgan fingerprint density at radius 1 is 1.12 bits per heavy atom. The van der Waals surface area contributed by atoms with Gasteiger partial charge in [-0.2, -0.15) is 0 Å². The van der Waals surface area contributed by atoms with Crippen molar-refractivity contribution in [3.05, 3.63) is 59.0 Å². The van der Waals surface area contributed by atoms with Gasteiger partial charge in [0.25, 0.3) is 5.91 Å². The first-order valence-corrected chi connectivity index (χ1v) is 9.37. The molecule has 7 nitrogen and oxygen atoms in total. The van der Waals surface area contributed by atoms with Gasteiger partial charge in [0.15, 0.2) is 5.17 Å². The van der Waals surface area contributed by atoms with Gasteiger partial charge in [0.05, 0.1) is 15.5 Å². The van der Waals surface area contributed by atoms with Gasteiger partial charge in [-0.05, 0) is 48.2 Å². The number of thioether (sulfide) groups is 1. The highest BCUT2D eigenvalue weighted by atomic mass is 32.2. The largest absolute Gasteiger partial charge is 0.507 e. The lowest BCUT2D eigenvalue weighted by Gasteiger charge is -2.14. The molecule has 0 aromatic heterocycles. The van der Waals surface area contributed by atoms with Crippen molar-refractivity contribution < 1.29 is 18.3 Å². The van der Waals surface area contributed by atoms with Crippen molar-refractivity contribution in [3.8, 4) is 5.75 Å². The lowest BCUT2D eigenvalue weighted by Crippen LogP contribution is -2.28. The van der Waals surface area contributed by atoms with Crippen LogP contribution < -0.4 is 10.0 Å². The molecule has 0 saturated carbocycles. The van der Waals surface area contributed by atoms with Gasteiger partial charge in [-0.15, -0.1) is 0 Å². The normalized spacial score (nSPS) is 16.7. The second-order valence-corrected chi connectivity index (χ2v) is 7.75. The quantitative estimate of drug-likeness (QED) is 0.709. The Labute approximate surface area is 148 Å². The summed E-state index contributed by atoms with van der Waals surface area (Å²) < 4.78 is 22.6. The number of primary sulfonamides is 1. The van der Waals surface area contributed by atoms with E-state index in [1.807, 2.05) is 0 Å². The van der Waals surface area contributed by atoms with Gasteiger partial charge in [-0.25, -0.2) is 13.6 Å². The molecule has 2 aromatic carbocycles. The minimum Gasteiger partial charge on any atom is -0.507 e. The van der Waals surface area contributed by atoms with Gasteiger partial charge in [0.2, 0.25) is 10.0 Å². The van der Waals surface area contributed by atoms with Gasteiger partial charge in [-0.3, -0.25) is 15.1 Å². The third kappa shape index (κ3) is 3.43. The Balaban J connectivity index is 1.93. The fraction of sp³-hybridized carbons (Fsp3) is 0. The summed E-state index contributed by atoms with van der Waals surface area (Å²) >= 11 is 0.957. The smallest absolute Gasteiger partial charge is 0.271 e. The van der Waals surface area contributed by atoms with Crippen LogP contribution in [0.4, 0.5) is 5.69 Å². The summed E-state index contributed by atoms with van der Waals surface area (Å²) in [7, 11) is -3.83. The number of nitrogens with zero attached hydrogens (tertiary/aromatic N) is 1. The van der Waals surface area contributed by atoms with Crippen molar-refractivity contribution in [3.63, 3.8) is 0 Å². The topological polar surface area (TPSA) is 125 Å². The number of carbonyl (C=O) groups excluding carboxylic acids is 1. The average molecular weight is 375 g/mol. The minimum absolute atomic E-state index is 0.0185. The third-order valence-corrected chi connectivity index (χ3v) is 5.29. The van der Waals surface area contributed by atoms with Crippen molar-refractivity contribution in [2.45, 2.75) is 4.90 Å². The fourth-order valence-corrected chi connectivity index (χ4v) is 3.63. The van der Waals surface area contributed by atoms with Crippen LogP contribution in [0.15, 0.2) is 58.3 Å². The highest BCUT2D eigenvalue weighted by Crippen LogP contribution is 2.36. The van der Waals surface area contributed by atoms with E-state index in [0.717, 1.165) is 16.7 Å². The zero-order valence-electron chi connectivity index (χ0n) is 12.7. The molecule has 0 spiro atoms. The number of aromatic hydroxyl groups is 1. The number of sulfonamides is 1. The molecule has 1 aliphatic rings. The first-order valence-electron chi connectivity index (χ1n) is 7.01. The number of carbonyl (C=O) groups is 1. The summed E-state index contributed by atoms with van der Waals surface area (Å²) in [5, 5.41) is 22.9. The first-order chi connectivity index (χ1) is 11.8. The van der Waals surface area contributed by atoms with E-state index >= 15 is 0 Å². The molecule has 4 N–H and O–H groups in total. The molecule has 3 rings (SSSR count). The predicted octanol–water partition coefficient (Wildman–Crippen LogP) is 2.10. The van der Waals surface area contributed by atoms with Crippen molar-refractivity contribution >= 4 is 44.6 Å². The van der Waals surface area contributed by atoms with Gasteiger partial charge in [-0.1, -0.05) is 18.2 Å². The highest BCUT2D eigenvalue weighted by Gasteiger charge is 2.33. The highest BCUT2D eigenvalue weighted by molar-refractivity contribution is 8.19. The van der Waals surface area contributed by atoms with E-state index in [2.05, 4.69) is 0 Å². The molecule has 0 unspecified atom stereocenters. The van der Waals surface area contributed by atoms with E-state index in [1.54, 1.807) is 18.2 Å². The standard InChI is InChI=1S/C16H13N3O4S2/c17-16-19(11-5-7-12(8-6-11)25(18,22)23)15(21)14(24-16)9-10-3-1-2-4-13(10)20/h1-9,17,20H,(H2,18,22,23)/b14-9-,17-16?. The van der Waals surface area contributed by atoms with Gasteiger partial charge in [0.1, 0.15) is 5.75 Å². The lowest BCUT2D eigenvalue weighted by atomic mass is 10.2. The van der Waals surface area contributed by atoms with E-state index in [1.165, 1.54) is 36.4 Å². The van der Waals surface area contributed by atoms with E-state index in [4.69, 9.17) is 10.5 Å². The maximum absolute atomic E-state index is 12.6. The number of phenols is 1. The molecule has 2 aromatic rings. The summed E-state index contributed by atoms with van der Waals surface area (Å²) in [4.78, 5) is 13.9. The van der Waals surface area contributed by atoms with E-state index in [-0.39, 0.29) is 20.7 Å². The summed E-state index contributed by atoms with van der Waals surface area (Å²) in [5.41, 5.74) is 0.827. The molecule has 25 heavy (non-hydrogen) atoms. The molecule has 0 aliphatic carbocycles. The summed E-state index contributed by atoms with van der Waals surface area (Å²) in [6, 6.07) is 11.9. The van der Waals surface area contributed by atoms with Crippen molar-refractivity contribution in [2.75, 3.05) is 4.90 Å². The number of amides is 1. The van der Waals surface area contributed by atoms with Gasteiger partial charge in [0, 0.05) is 5.56 Å². The Kier molecular flexibility index (Phi) is 4.38. The zero-order valence-corrected chi connectivity index (χ0v) is 14.3. The minimum atomic E-state index is -3.83. The number of anilines is 1. The van der Waals surface area contributed by atoms with Crippen LogP contribution in [0.3, 0.4) is 0 Å². The Bertz CT molecular complexity index is 998. The molecule has 9 heteroatoms. The number of nitrogens with one attached hydrogen (secondary N) is 1. The van der Waals surface area contributed by atoms with Gasteiger partial charge >= 0.3 is 0 Å². The lowest BCUT2D eigenvalue weighted by molar-refractivity contribution is -0.113. The number of para-hydroxylation sites is 1. The number of amidine groups is 1. The summed E-state index contributed by atoms with van der Waals surface area (Å²) in [5.74, 6) is -0.396. The molecule has 0 radical (unpaired) electrons. The molecule has 1 amide bonds. The number of benzene rings is 2. The van der Waals surface area contributed by atoms with Crippen LogP contribution >= 0.6 is 11.8 Å². The molecular formula is C16H13N3O4S2. The first kappa shape index (κ1) is 17.2. The van der Waals surface area contributed by atoms with Crippen LogP contribution in [0, 0.1) is 5.41 Å². The number of phenolic OH excluding ortho intramolecular Hbond substituents is 1. The van der Waals surface area contributed by atoms with Gasteiger partial charge < -0.3 is 5.11 Å². The third-order valence-electron chi connectivity index (χ3n) is 3.47. The SMILES string of the molecule is N=C1S/C(=C\c2ccccc2O)C(=O)N1c1ccc(S(N)(=O)=O)cc1. The molecule has 0 atom stereocenters. The van der Waals surface area contributed by atoms with E-state index in [9.17, 15) is 18.3 Å². The second-order valence-electron chi connectivity index (χ2n) is 5.15. The van der Waals surface area contributed by atoms with Crippen LogP contribution in [0.2, 0.25) is 0 Å². The average Bonchev–Trinajstić information content (AvgIpc) is 2.83. The molecule has 1 aliphatic heterocycles. The van der Waals surface area contributed by atoms with Crippen molar-refractivity contribution in [1.82, 2.24) is 0 Å². The molecule has 1 fully saturated rings. The monoisotopic (exact) mass is 375 g/mol. The zero-order chi connectivity index (χ0) is 18.2. The maximum Gasteiger partial charge on any atom is 0.271 e. The van der Waals surface area contributed by atoms with Crippen LogP contribution in [-0.4, -0.2) is 24.6 Å². The van der Waals surface area contributed by atoms with E-state index < -0.39 is 15.9 Å². The maximum atomic E-state index is 12.6. The van der Waals surface area contributed by atoms with Crippen molar-refractivity contribution in [2.24, 2.45) is 5.14 Å².